The zero-order chi connectivity index (χ0) is 57.0. The zero-order valence-electron chi connectivity index (χ0n) is 52.7. The maximum atomic E-state index is 10.3. The highest BCUT2D eigenvalue weighted by Gasteiger charge is 2.21. The van der Waals surface area contributed by atoms with Crippen molar-refractivity contribution >= 4 is 65.4 Å². The van der Waals surface area contributed by atoms with E-state index in [0.29, 0.717) is 0 Å². The standard InChI is InChI=1S/C48H31N3/c1-2-15-32(16-3-1)34-17-4-9-22-40(34)51-43-25-12-7-20-37(43)38-30-29-33(31-47(38)51)49-44-26-13-8-21-39(44)48-45(49)27-14-28-46(48)50-41-23-10-5-18-35(41)36-19-6-11-24-42(36)50/h1-31H/i1D,2D,3D,5D,6D,7D,8D,10D,11D,12D,13D,14D,15D,16D,18D,19D,20D,21D,23D,24D,25D,26D,27D,28D,29D,30D,31D. The van der Waals surface area contributed by atoms with Gasteiger partial charge in [-0.05, 0) is 60.0 Å². The van der Waals surface area contributed by atoms with Crippen LogP contribution in [0, 0.1) is 0 Å². The molecule has 11 rings (SSSR count). The molecular formula is C48H31N3. The van der Waals surface area contributed by atoms with E-state index in [9.17, 15) is 16.4 Å². The van der Waals surface area contributed by atoms with Gasteiger partial charge in [-0.25, -0.2) is 0 Å². The first kappa shape index (κ1) is 12.5. The minimum Gasteiger partial charge on any atom is -0.309 e. The molecule has 3 nitrogen and oxygen atoms in total. The number of nitrogens with zero attached hydrogens (tertiary/aromatic N) is 3. The largest absolute Gasteiger partial charge is 0.309 e. The average molecular weight is 677 g/mol. The zero-order valence-corrected chi connectivity index (χ0v) is 25.7. The molecule has 3 heteroatoms. The summed E-state index contributed by atoms with van der Waals surface area (Å²) in [6.07, 6.45) is 0. The van der Waals surface area contributed by atoms with Crippen molar-refractivity contribution in [2.45, 2.75) is 0 Å². The van der Waals surface area contributed by atoms with Crippen molar-refractivity contribution in [1.82, 2.24) is 13.7 Å². The molecule has 51 heavy (non-hydrogen) atoms. The summed E-state index contributed by atoms with van der Waals surface area (Å²) in [7, 11) is 0. The number of hydrogen-bond acceptors (Lipinski definition) is 0. The van der Waals surface area contributed by atoms with Crippen LogP contribution in [0.1, 0.15) is 37.0 Å². The van der Waals surface area contributed by atoms with Gasteiger partial charge in [0.1, 0.15) is 0 Å². The van der Waals surface area contributed by atoms with Crippen LogP contribution in [-0.4, -0.2) is 13.7 Å². The number of fused-ring (bicyclic) bond motifs is 9. The third kappa shape index (κ3) is 4.00. The van der Waals surface area contributed by atoms with Crippen LogP contribution >= 0.6 is 0 Å². The van der Waals surface area contributed by atoms with Gasteiger partial charge in [-0.3, -0.25) is 0 Å². The predicted octanol–water partition coefficient (Wildman–Crippen LogP) is 12.6. The molecular weight excluding hydrogens is 619 g/mol. The van der Waals surface area contributed by atoms with Crippen LogP contribution in [0.25, 0.3) is 93.6 Å². The average Bonchev–Trinajstić information content (AvgIpc) is 4.23. The summed E-state index contributed by atoms with van der Waals surface area (Å²) < 4.78 is 248. The summed E-state index contributed by atoms with van der Waals surface area (Å²) in [5, 5.41) is -2.99. The minimum absolute atomic E-state index is 0.142. The van der Waals surface area contributed by atoms with E-state index in [-0.39, 0.29) is 16.8 Å². The van der Waals surface area contributed by atoms with E-state index in [2.05, 4.69) is 0 Å². The van der Waals surface area contributed by atoms with Crippen LogP contribution in [-0.2, 0) is 0 Å². The smallest absolute Gasteiger partial charge is 0.0667 e. The molecule has 0 bridgehead atoms. The van der Waals surface area contributed by atoms with E-state index in [4.69, 9.17) is 20.6 Å². The minimum atomic E-state index is -1.01. The Morgan fingerprint density at radius 2 is 0.863 bits per heavy atom. The van der Waals surface area contributed by atoms with Gasteiger partial charge in [0, 0.05) is 43.6 Å². The molecule has 0 aliphatic carbocycles. The molecule has 0 saturated carbocycles. The van der Waals surface area contributed by atoms with Gasteiger partial charge < -0.3 is 13.7 Å². The molecule has 0 atom stereocenters. The number of benzene rings is 8. The molecule has 0 radical (unpaired) electrons. The van der Waals surface area contributed by atoms with E-state index >= 15 is 0 Å². The van der Waals surface area contributed by atoms with Crippen LogP contribution in [0.4, 0.5) is 0 Å². The lowest BCUT2D eigenvalue weighted by Gasteiger charge is -2.15. The van der Waals surface area contributed by atoms with E-state index in [1.165, 1.54) is 24.3 Å². The molecule has 238 valence electrons. The molecule has 0 spiro atoms. The molecule has 0 saturated heterocycles. The molecule has 0 unspecified atom stereocenters. The van der Waals surface area contributed by atoms with E-state index in [1.54, 1.807) is 0 Å². The molecule has 3 heterocycles. The second-order valence-corrected chi connectivity index (χ2v) is 11.3. The van der Waals surface area contributed by atoms with Crippen molar-refractivity contribution < 1.29 is 37.0 Å². The fraction of sp³-hybridized carbons (Fsp3) is 0. The van der Waals surface area contributed by atoms with Crippen LogP contribution in [0.15, 0.2) is 187 Å². The predicted molar refractivity (Wildman–Crippen MR) is 215 cm³/mol. The Bertz CT molecular complexity index is 4600. The quantitative estimate of drug-likeness (QED) is 0.176. The molecule has 0 aliphatic rings. The van der Waals surface area contributed by atoms with Crippen LogP contribution in [0.5, 0.6) is 0 Å². The Kier molecular flexibility index (Phi) is 2.65. The van der Waals surface area contributed by atoms with Crippen molar-refractivity contribution in [3.63, 3.8) is 0 Å². The maximum Gasteiger partial charge on any atom is 0.0667 e. The van der Waals surface area contributed by atoms with Gasteiger partial charge in [-0.15, -0.1) is 0 Å². The first-order valence-electron chi connectivity index (χ1n) is 28.8. The molecule has 11 aromatic rings. The van der Waals surface area contributed by atoms with E-state index in [0.717, 1.165) is 13.7 Å². The molecule has 8 aromatic carbocycles. The third-order valence-corrected chi connectivity index (χ3v) is 8.74. The van der Waals surface area contributed by atoms with Crippen molar-refractivity contribution in [3.8, 4) is 28.2 Å². The Hall–Kier alpha value is -6.84. The number of aromatic nitrogens is 3. The van der Waals surface area contributed by atoms with Gasteiger partial charge >= 0.3 is 0 Å². The van der Waals surface area contributed by atoms with Crippen molar-refractivity contribution in [1.29, 1.82) is 0 Å². The van der Waals surface area contributed by atoms with Crippen molar-refractivity contribution in [2.75, 3.05) is 0 Å². The van der Waals surface area contributed by atoms with Gasteiger partial charge in [-0.2, -0.15) is 0 Å². The molecule has 0 amide bonds. The summed E-state index contributed by atoms with van der Waals surface area (Å²) in [5.74, 6) is 0. The SMILES string of the molecule is [2H]c1c([2H])c([2H])c(-c2ccccc2-n2c3c([2H])c([2H])c([2H])c([2H])c3c3c([2H])c([2H])c(-n4c5c([2H])c([2H])c([2H])c([2H])c5c5c(-n6c7c([2H])c([2H])c([2H])c([2H])c7c7c([2H])c([2H])c([2H])c([2H])c76)c([2H])c([2H])c([2H])c54)c([2H])c32)c([2H])c1[2H]. The molecule has 3 aromatic heterocycles. The lowest BCUT2D eigenvalue weighted by atomic mass is 10.0. The van der Waals surface area contributed by atoms with Crippen molar-refractivity contribution in [3.05, 3.63) is 187 Å². The highest BCUT2D eigenvalue weighted by Crippen LogP contribution is 2.42. The van der Waals surface area contributed by atoms with Gasteiger partial charge in [0.05, 0.1) is 81.5 Å². The normalized spacial score (nSPS) is 19.3. The monoisotopic (exact) mass is 676 g/mol. The third-order valence-electron chi connectivity index (χ3n) is 8.74. The second-order valence-electron chi connectivity index (χ2n) is 11.3. The molecule has 0 fully saturated rings. The van der Waals surface area contributed by atoms with Crippen molar-refractivity contribution in [2.24, 2.45) is 0 Å². The fourth-order valence-corrected chi connectivity index (χ4v) is 6.71. The van der Waals surface area contributed by atoms with E-state index < -0.39 is 240 Å². The summed E-state index contributed by atoms with van der Waals surface area (Å²) >= 11 is 0. The van der Waals surface area contributed by atoms with Crippen LogP contribution < -0.4 is 0 Å². The highest BCUT2D eigenvalue weighted by molar-refractivity contribution is 6.17. The van der Waals surface area contributed by atoms with E-state index in [1.807, 2.05) is 0 Å². The number of rotatable bonds is 4. The number of hydrogen-bond donors (Lipinski definition) is 0. The Labute approximate surface area is 332 Å². The van der Waals surface area contributed by atoms with Gasteiger partial charge in [-0.1, -0.05) is 133 Å². The van der Waals surface area contributed by atoms with Crippen LogP contribution in [0.3, 0.4) is 0 Å². The Morgan fingerprint density at radius 3 is 1.53 bits per heavy atom. The fourth-order valence-electron chi connectivity index (χ4n) is 6.71. The molecule has 0 N–H and O–H groups in total. The van der Waals surface area contributed by atoms with Gasteiger partial charge in [0.2, 0.25) is 0 Å². The summed E-state index contributed by atoms with van der Waals surface area (Å²) in [5.41, 5.74) is -5.63. The molecule has 0 aliphatic heterocycles. The first-order valence-corrected chi connectivity index (χ1v) is 15.3. The summed E-state index contributed by atoms with van der Waals surface area (Å²) in [6, 6.07) is -17.1. The van der Waals surface area contributed by atoms with Crippen LogP contribution in [0.2, 0.25) is 0 Å². The lowest BCUT2D eigenvalue weighted by Crippen LogP contribution is -1.99. The topological polar surface area (TPSA) is 14.8 Å². The highest BCUT2D eigenvalue weighted by atomic mass is 15.0. The van der Waals surface area contributed by atoms with Gasteiger partial charge in [0.25, 0.3) is 0 Å². The first-order chi connectivity index (χ1) is 36.6. The summed E-state index contributed by atoms with van der Waals surface area (Å²) in [4.78, 5) is 0. The lowest BCUT2D eigenvalue weighted by molar-refractivity contribution is 1.15. The Balaban J connectivity index is 1.44. The number of para-hydroxylation sites is 5. The second kappa shape index (κ2) is 10.8. The van der Waals surface area contributed by atoms with Gasteiger partial charge in [0.15, 0.2) is 0 Å². The summed E-state index contributed by atoms with van der Waals surface area (Å²) in [6.45, 7) is 0. The Morgan fingerprint density at radius 1 is 0.353 bits per heavy atom. The maximum absolute atomic E-state index is 10.3.